The molecule has 2 saturated heterocycles. The summed E-state index contributed by atoms with van der Waals surface area (Å²) in [7, 11) is 0. The van der Waals surface area contributed by atoms with Crippen LogP contribution >= 0.6 is 0 Å². The topological polar surface area (TPSA) is 46.6 Å². The van der Waals surface area contributed by atoms with Crippen LogP contribution in [-0.4, -0.2) is 29.9 Å². The van der Waals surface area contributed by atoms with Gasteiger partial charge in [0.1, 0.15) is 12.1 Å². The average molecular weight is 217 g/mol. The lowest BCUT2D eigenvalue weighted by Gasteiger charge is -2.27. The maximum Gasteiger partial charge on any atom is 0.411 e. The number of hydrogen-bond acceptors (Lipinski definition) is 3. The fourth-order valence-corrected chi connectivity index (χ4v) is 2.52. The van der Waals surface area contributed by atoms with Crippen molar-refractivity contribution in [3.63, 3.8) is 0 Å². The first kappa shape index (κ1) is 9.39. The molecule has 0 spiro atoms. The second-order valence-corrected chi connectivity index (χ2v) is 4.25. The van der Waals surface area contributed by atoms with Crippen molar-refractivity contribution in [2.45, 2.75) is 12.0 Å². The van der Waals surface area contributed by atoms with Gasteiger partial charge in [-0.15, -0.1) is 0 Å². The van der Waals surface area contributed by atoms with Crippen LogP contribution in [0.15, 0.2) is 30.3 Å². The van der Waals surface area contributed by atoms with Crippen LogP contribution in [0.3, 0.4) is 0 Å². The van der Waals surface area contributed by atoms with Gasteiger partial charge in [-0.05, 0) is 5.56 Å². The van der Waals surface area contributed by atoms with Gasteiger partial charge in [-0.2, -0.15) is 0 Å². The Bertz CT molecular complexity index is 457. The first-order valence-corrected chi connectivity index (χ1v) is 5.24. The highest BCUT2D eigenvalue weighted by Gasteiger charge is 2.54. The highest BCUT2D eigenvalue weighted by atomic mass is 16.6. The lowest BCUT2D eigenvalue weighted by Crippen LogP contribution is -2.39. The molecule has 1 amide bonds. The number of fused-ring (bicyclic) bond motifs is 1. The van der Waals surface area contributed by atoms with Gasteiger partial charge in [0.15, 0.2) is 5.78 Å². The van der Waals surface area contributed by atoms with Crippen LogP contribution in [0.5, 0.6) is 0 Å². The van der Waals surface area contributed by atoms with E-state index in [0.717, 1.165) is 5.56 Å². The number of hydrogen-bond donors (Lipinski definition) is 0. The number of ketones is 1. The number of Topliss-reactive ketones (excluding diaryl/α,β-unsaturated/α-hetero) is 1. The standard InChI is InChI=1S/C12H11NO3/c14-10-6-12(9-4-2-1-3-5-9)8-16-11(15)13(12)7-10/h1-5H,6-8H2/t12-/m1/s1. The van der Waals surface area contributed by atoms with Gasteiger partial charge in [0.05, 0.1) is 6.54 Å². The first-order valence-electron chi connectivity index (χ1n) is 5.24. The van der Waals surface area contributed by atoms with Gasteiger partial charge in [-0.3, -0.25) is 9.69 Å². The Balaban J connectivity index is 2.09. The zero-order chi connectivity index (χ0) is 11.2. The Kier molecular flexibility index (Phi) is 1.80. The van der Waals surface area contributed by atoms with Crippen molar-refractivity contribution in [2.24, 2.45) is 0 Å². The molecule has 2 heterocycles. The molecule has 3 rings (SSSR count). The van der Waals surface area contributed by atoms with E-state index in [-0.39, 0.29) is 25.0 Å². The molecule has 2 aliphatic rings. The van der Waals surface area contributed by atoms with Crippen molar-refractivity contribution < 1.29 is 14.3 Å². The van der Waals surface area contributed by atoms with E-state index in [1.165, 1.54) is 0 Å². The molecule has 0 aliphatic carbocycles. The van der Waals surface area contributed by atoms with Crippen molar-refractivity contribution in [1.29, 1.82) is 0 Å². The monoisotopic (exact) mass is 217 g/mol. The largest absolute Gasteiger partial charge is 0.446 e. The molecule has 1 atom stereocenters. The summed E-state index contributed by atoms with van der Waals surface area (Å²) >= 11 is 0. The molecule has 2 aliphatic heterocycles. The van der Waals surface area contributed by atoms with E-state index in [9.17, 15) is 9.59 Å². The number of carbonyl (C=O) groups is 2. The molecule has 4 heteroatoms. The summed E-state index contributed by atoms with van der Waals surface area (Å²) in [4.78, 5) is 24.6. The third kappa shape index (κ3) is 1.10. The Morgan fingerprint density at radius 1 is 1.19 bits per heavy atom. The Labute approximate surface area is 92.8 Å². The summed E-state index contributed by atoms with van der Waals surface area (Å²) < 4.78 is 5.06. The SMILES string of the molecule is O=C1CN2C(=O)OC[C@@]2(c2ccccc2)C1. The molecule has 0 aromatic heterocycles. The first-order chi connectivity index (χ1) is 7.72. The van der Waals surface area contributed by atoms with E-state index < -0.39 is 5.54 Å². The zero-order valence-electron chi connectivity index (χ0n) is 8.68. The van der Waals surface area contributed by atoms with Crippen molar-refractivity contribution in [3.05, 3.63) is 35.9 Å². The summed E-state index contributed by atoms with van der Waals surface area (Å²) in [5.74, 6) is 0.0977. The van der Waals surface area contributed by atoms with Gasteiger partial charge >= 0.3 is 6.09 Å². The molecule has 1 aromatic rings. The third-order valence-corrected chi connectivity index (χ3v) is 3.31. The molecule has 4 nitrogen and oxygen atoms in total. The summed E-state index contributed by atoms with van der Waals surface area (Å²) in [6.45, 7) is 0.454. The number of benzene rings is 1. The Morgan fingerprint density at radius 2 is 1.94 bits per heavy atom. The normalized spacial score (nSPS) is 28.1. The second kappa shape index (κ2) is 3.07. The molecular formula is C12H11NO3. The van der Waals surface area contributed by atoms with E-state index in [4.69, 9.17) is 4.74 Å². The van der Waals surface area contributed by atoms with Crippen LogP contribution in [0.25, 0.3) is 0 Å². The van der Waals surface area contributed by atoms with Crippen LogP contribution in [0, 0.1) is 0 Å². The number of rotatable bonds is 1. The van der Waals surface area contributed by atoms with Gasteiger partial charge in [-0.1, -0.05) is 30.3 Å². The Morgan fingerprint density at radius 3 is 2.69 bits per heavy atom. The number of carbonyl (C=O) groups excluding carboxylic acids is 2. The summed E-state index contributed by atoms with van der Waals surface area (Å²) in [5, 5.41) is 0. The average Bonchev–Trinajstić information content (AvgIpc) is 2.79. The minimum Gasteiger partial charge on any atom is -0.446 e. The predicted octanol–water partition coefficient (Wildman–Crippen LogP) is 1.31. The minimum absolute atomic E-state index is 0.0977. The lowest BCUT2D eigenvalue weighted by molar-refractivity contribution is -0.117. The van der Waals surface area contributed by atoms with E-state index in [1.807, 2.05) is 30.3 Å². The van der Waals surface area contributed by atoms with Crippen LogP contribution in [-0.2, 0) is 15.1 Å². The summed E-state index contributed by atoms with van der Waals surface area (Å²) in [6.07, 6.45) is -0.0161. The van der Waals surface area contributed by atoms with Crippen LogP contribution < -0.4 is 0 Å². The zero-order valence-corrected chi connectivity index (χ0v) is 8.68. The molecule has 1 aromatic carbocycles. The molecule has 82 valence electrons. The van der Waals surface area contributed by atoms with Crippen LogP contribution in [0.4, 0.5) is 4.79 Å². The van der Waals surface area contributed by atoms with Crippen LogP contribution in [0.1, 0.15) is 12.0 Å². The van der Waals surface area contributed by atoms with Crippen molar-refractivity contribution in [2.75, 3.05) is 13.2 Å². The van der Waals surface area contributed by atoms with E-state index in [1.54, 1.807) is 4.90 Å². The highest BCUT2D eigenvalue weighted by molar-refractivity contribution is 5.91. The molecule has 0 saturated carbocycles. The molecular weight excluding hydrogens is 206 g/mol. The molecule has 0 unspecified atom stereocenters. The molecule has 16 heavy (non-hydrogen) atoms. The van der Waals surface area contributed by atoms with E-state index >= 15 is 0 Å². The smallest absolute Gasteiger partial charge is 0.411 e. The quantitative estimate of drug-likeness (QED) is 0.712. The molecule has 0 bridgehead atoms. The van der Waals surface area contributed by atoms with Crippen LogP contribution in [0.2, 0.25) is 0 Å². The fraction of sp³-hybridized carbons (Fsp3) is 0.333. The Hall–Kier alpha value is -1.84. The van der Waals surface area contributed by atoms with Gasteiger partial charge in [-0.25, -0.2) is 4.79 Å². The number of amides is 1. The van der Waals surface area contributed by atoms with Gasteiger partial charge < -0.3 is 4.74 Å². The number of ether oxygens (including phenoxy) is 1. The van der Waals surface area contributed by atoms with Crippen molar-refractivity contribution >= 4 is 11.9 Å². The third-order valence-electron chi connectivity index (χ3n) is 3.31. The fourth-order valence-electron chi connectivity index (χ4n) is 2.52. The molecule has 0 N–H and O–H groups in total. The maximum absolute atomic E-state index is 11.5. The highest BCUT2D eigenvalue weighted by Crippen LogP contribution is 2.41. The number of nitrogens with zero attached hydrogens (tertiary/aromatic N) is 1. The molecule has 0 radical (unpaired) electrons. The molecule has 2 fully saturated rings. The lowest BCUT2D eigenvalue weighted by atomic mass is 9.88. The van der Waals surface area contributed by atoms with Crippen molar-refractivity contribution in [1.82, 2.24) is 4.90 Å². The van der Waals surface area contributed by atoms with Gasteiger partial charge in [0.25, 0.3) is 0 Å². The van der Waals surface area contributed by atoms with Gasteiger partial charge in [0, 0.05) is 6.42 Å². The van der Waals surface area contributed by atoms with E-state index in [0.29, 0.717) is 6.42 Å². The number of cyclic esters (lactones) is 1. The summed E-state index contributed by atoms with van der Waals surface area (Å²) in [6, 6.07) is 9.61. The van der Waals surface area contributed by atoms with E-state index in [2.05, 4.69) is 0 Å². The van der Waals surface area contributed by atoms with Gasteiger partial charge in [0.2, 0.25) is 0 Å². The second-order valence-electron chi connectivity index (χ2n) is 4.25. The summed E-state index contributed by atoms with van der Waals surface area (Å²) in [5.41, 5.74) is 0.432. The van der Waals surface area contributed by atoms with Crippen molar-refractivity contribution in [3.8, 4) is 0 Å². The minimum atomic E-state index is -0.546. The predicted molar refractivity (Wildman–Crippen MR) is 55.8 cm³/mol. The maximum atomic E-state index is 11.5.